The number of halogens is 1. The molecule has 0 spiro atoms. The van der Waals surface area contributed by atoms with Gasteiger partial charge < -0.3 is 4.57 Å². The lowest BCUT2D eigenvalue weighted by molar-refractivity contribution is 0.775. The topological polar surface area (TPSA) is 30.7 Å². The molecule has 0 atom stereocenters. The van der Waals surface area contributed by atoms with E-state index in [1.54, 1.807) is 6.20 Å². The van der Waals surface area contributed by atoms with E-state index in [9.17, 15) is 0 Å². The maximum Gasteiger partial charge on any atom is 0.142 e. The van der Waals surface area contributed by atoms with Gasteiger partial charge in [-0.2, -0.15) is 0 Å². The van der Waals surface area contributed by atoms with Crippen molar-refractivity contribution >= 4 is 27.0 Å². The van der Waals surface area contributed by atoms with Gasteiger partial charge in [0.1, 0.15) is 5.82 Å². The van der Waals surface area contributed by atoms with Crippen molar-refractivity contribution in [1.29, 1.82) is 0 Å². The Bertz CT molecular complexity index is 745. The molecule has 0 N–H and O–H groups in total. The fourth-order valence-corrected chi connectivity index (χ4v) is 2.82. The first-order valence-electron chi connectivity index (χ1n) is 6.41. The van der Waals surface area contributed by atoms with Crippen molar-refractivity contribution in [3.8, 4) is 11.4 Å². The third-order valence-electron chi connectivity index (χ3n) is 3.48. The summed E-state index contributed by atoms with van der Waals surface area (Å²) in [7, 11) is 0. The first-order valence-corrected chi connectivity index (χ1v) is 7.20. The summed E-state index contributed by atoms with van der Waals surface area (Å²) in [5.41, 5.74) is 3.34. The largest absolute Gasteiger partial charge is 0.321 e. The molecule has 0 unspecified atom stereocenters. The summed E-state index contributed by atoms with van der Waals surface area (Å²) in [6, 6.07) is 10.9. The molecule has 2 aromatic heterocycles. The van der Waals surface area contributed by atoms with Crippen LogP contribution in [0.5, 0.6) is 0 Å². The first-order chi connectivity index (χ1) is 9.33. The van der Waals surface area contributed by atoms with Crippen LogP contribution in [0.1, 0.15) is 18.9 Å². The number of pyridine rings is 1. The lowest BCUT2D eigenvalue weighted by Gasteiger charge is -2.07. The van der Waals surface area contributed by atoms with Crippen molar-refractivity contribution < 1.29 is 0 Å². The van der Waals surface area contributed by atoms with Crippen molar-refractivity contribution in [3.05, 3.63) is 47.2 Å². The lowest BCUT2D eigenvalue weighted by atomic mass is 10.2. The highest BCUT2D eigenvalue weighted by Gasteiger charge is 2.28. The number of hydrogen-bond acceptors (Lipinski definition) is 2. The second-order valence-corrected chi connectivity index (χ2v) is 5.83. The highest BCUT2D eigenvalue weighted by atomic mass is 79.9. The number of rotatable bonds is 2. The van der Waals surface area contributed by atoms with Crippen LogP contribution in [0.4, 0.5) is 0 Å². The third-order valence-corrected chi connectivity index (χ3v) is 3.98. The molecule has 19 heavy (non-hydrogen) atoms. The normalized spacial score (nSPS) is 15.0. The summed E-state index contributed by atoms with van der Waals surface area (Å²) in [5, 5.41) is 0. The van der Waals surface area contributed by atoms with E-state index < -0.39 is 0 Å². The van der Waals surface area contributed by atoms with Crippen LogP contribution >= 0.6 is 15.9 Å². The Morgan fingerprint density at radius 3 is 2.84 bits per heavy atom. The van der Waals surface area contributed by atoms with E-state index in [0.717, 1.165) is 21.4 Å². The monoisotopic (exact) mass is 313 g/mol. The number of benzene rings is 1. The SMILES string of the molecule is Brc1ccc2c(c1)nc(-c1cccnc1)n2C1CC1. The standard InChI is InChI=1S/C15H12BrN3/c16-11-3-6-14-13(8-11)18-15(19(14)12-4-5-12)10-2-1-7-17-9-10/h1-3,6-9,12H,4-5H2. The van der Waals surface area contributed by atoms with Crippen LogP contribution in [-0.4, -0.2) is 14.5 Å². The summed E-state index contributed by atoms with van der Waals surface area (Å²) in [6.07, 6.45) is 6.17. The zero-order valence-electron chi connectivity index (χ0n) is 10.3. The number of aromatic nitrogens is 3. The fourth-order valence-electron chi connectivity index (χ4n) is 2.47. The fraction of sp³-hybridized carbons (Fsp3) is 0.200. The molecule has 3 aromatic rings. The highest BCUT2D eigenvalue weighted by molar-refractivity contribution is 9.10. The Labute approximate surface area is 119 Å². The van der Waals surface area contributed by atoms with Gasteiger partial charge in [0.05, 0.1) is 11.0 Å². The van der Waals surface area contributed by atoms with Gasteiger partial charge in [-0.1, -0.05) is 15.9 Å². The molecule has 4 heteroatoms. The second-order valence-electron chi connectivity index (χ2n) is 4.91. The zero-order chi connectivity index (χ0) is 12.8. The number of hydrogen-bond donors (Lipinski definition) is 0. The van der Waals surface area contributed by atoms with E-state index >= 15 is 0 Å². The van der Waals surface area contributed by atoms with Gasteiger partial charge in [-0.15, -0.1) is 0 Å². The van der Waals surface area contributed by atoms with Gasteiger partial charge in [-0.05, 0) is 43.2 Å². The van der Waals surface area contributed by atoms with Crippen LogP contribution in [-0.2, 0) is 0 Å². The minimum absolute atomic E-state index is 0.599. The molecule has 0 radical (unpaired) electrons. The van der Waals surface area contributed by atoms with Crippen molar-refractivity contribution in [1.82, 2.24) is 14.5 Å². The van der Waals surface area contributed by atoms with E-state index in [-0.39, 0.29) is 0 Å². The predicted octanol–water partition coefficient (Wildman–Crippen LogP) is 4.20. The lowest BCUT2D eigenvalue weighted by Crippen LogP contribution is -1.97. The molecule has 1 aromatic carbocycles. The Kier molecular flexibility index (Phi) is 2.45. The molecule has 3 nitrogen and oxygen atoms in total. The minimum Gasteiger partial charge on any atom is -0.321 e. The molecule has 0 amide bonds. The van der Waals surface area contributed by atoms with Crippen molar-refractivity contribution in [2.45, 2.75) is 18.9 Å². The summed E-state index contributed by atoms with van der Waals surface area (Å²) >= 11 is 3.51. The van der Waals surface area contributed by atoms with Crippen molar-refractivity contribution in [3.63, 3.8) is 0 Å². The molecule has 1 aliphatic rings. The highest BCUT2D eigenvalue weighted by Crippen LogP contribution is 2.41. The van der Waals surface area contributed by atoms with Gasteiger partial charge >= 0.3 is 0 Å². The van der Waals surface area contributed by atoms with Gasteiger partial charge in [0.25, 0.3) is 0 Å². The number of fused-ring (bicyclic) bond motifs is 1. The molecule has 1 aliphatic carbocycles. The summed E-state index contributed by atoms with van der Waals surface area (Å²) in [4.78, 5) is 9.01. The molecule has 4 rings (SSSR count). The first kappa shape index (κ1) is 11.2. The number of imidazole rings is 1. The summed E-state index contributed by atoms with van der Waals surface area (Å²) in [5.74, 6) is 1.03. The molecule has 0 bridgehead atoms. The predicted molar refractivity (Wildman–Crippen MR) is 78.9 cm³/mol. The molecule has 1 saturated carbocycles. The van der Waals surface area contributed by atoms with E-state index in [1.807, 2.05) is 12.3 Å². The summed E-state index contributed by atoms with van der Waals surface area (Å²) in [6.45, 7) is 0. The summed E-state index contributed by atoms with van der Waals surface area (Å²) < 4.78 is 3.43. The van der Waals surface area contributed by atoms with Crippen LogP contribution in [0.25, 0.3) is 22.4 Å². The molecule has 0 saturated heterocycles. The Morgan fingerprint density at radius 2 is 2.11 bits per heavy atom. The van der Waals surface area contributed by atoms with Crippen LogP contribution < -0.4 is 0 Å². The quantitative estimate of drug-likeness (QED) is 0.710. The molecular formula is C15H12BrN3. The minimum atomic E-state index is 0.599. The van der Waals surface area contributed by atoms with E-state index in [0.29, 0.717) is 6.04 Å². The van der Waals surface area contributed by atoms with Crippen LogP contribution in [0.2, 0.25) is 0 Å². The molecular weight excluding hydrogens is 302 g/mol. The average Bonchev–Trinajstić information content (AvgIpc) is 3.20. The second kappa shape index (κ2) is 4.17. The molecule has 2 heterocycles. The maximum atomic E-state index is 4.80. The van der Waals surface area contributed by atoms with Crippen LogP contribution in [0.15, 0.2) is 47.2 Å². The number of nitrogens with zero attached hydrogens (tertiary/aromatic N) is 3. The molecule has 0 aliphatic heterocycles. The maximum absolute atomic E-state index is 4.80. The molecule has 1 fully saturated rings. The van der Waals surface area contributed by atoms with E-state index in [2.05, 4.69) is 49.7 Å². The van der Waals surface area contributed by atoms with Crippen molar-refractivity contribution in [2.24, 2.45) is 0 Å². The van der Waals surface area contributed by atoms with E-state index in [4.69, 9.17) is 4.98 Å². The smallest absolute Gasteiger partial charge is 0.142 e. The molecule has 94 valence electrons. The van der Waals surface area contributed by atoms with Gasteiger partial charge in [-0.25, -0.2) is 4.98 Å². The Hall–Kier alpha value is -1.68. The zero-order valence-corrected chi connectivity index (χ0v) is 11.8. The van der Waals surface area contributed by atoms with Crippen molar-refractivity contribution in [2.75, 3.05) is 0 Å². The van der Waals surface area contributed by atoms with Crippen LogP contribution in [0.3, 0.4) is 0 Å². The Balaban J connectivity index is 2.01. The van der Waals surface area contributed by atoms with Crippen LogP contribution in [0, 0.1) is 0 Å². The van der Waals surface area contributed by atoms with Gasteiger partial charge in [-0.3, -0.25) is 4.98 Å². The third kappa shape index (κ3) is 1.87. The average molecular weight is 314 g/mol. The van der Waals surface area contributed by atoms with E-state index in [1.165, 1.54) is 18.4 Å². The van der Waals surface area contributed by atoms with Gasteiger partial charge in [0.2, 0.25) is 0 Å². The van der Waals surface area contributed by atoms with Gasteiger partial charge in [0.15, 0.2) is 0 Å². The van der Waals surface area contributed by atoms with Gasteiger partial charge in [0, 0.05) is 28.5 Å². The Morgan fingerprint density at radius 1 is 1.21 bits per heavy atom.